The van der Waals surface area contributed by atoms with E-state index in [1.165, 1.54) is 23.3 Å². The lowest BCUT2D eigenvalue weighted by Gasteiger charge is -2.44. The van der Waals surface area contributed by atoms with Crippen LogP contribution in [0.15, 0.2) is 78.9 Å². The van der Waals surface area contributed by atoms with Crippen molar-refractivity contribution >= 4 is 23.5 Å². The molecule has 6 nitrogen and oxygen atoms in total. The molecule has 8 heteroatoms. The van der Waals surface area contributed by atoms with Crippen LogP contribution in [0.3, 0.4) is 0 Å². The first-order chi connectivity index (χ1) is 15.3. The summed E-state index contributed by atoms with van der Waals surface area (Å²) in [5, 5.41) is 15.1. The van der Waals surface area contributed by atoms with Gasteiger partial charge < -0.3 is 14.9 Å². The minimum atomic E-state index is -1.82. The van der Waals surface area contributed by atoms with Crippen LogP contribution >= 0.6 is 11.6 Å². The fourth-order valence-corrected chi connectivity index (χ4v) is 3.60. The van der Waals surface area contributed by atoms with Crippen LogP contribution in [0, 0.1) is 5.82 Å². The van der Waals surface area contributed by atoms with Gasteiger partial charge in [-0.25, -0.2) is 14.0 Å². The Morgan fingerprint density at radius 1 is 0.906 bits per heavy atom. The minimum Gasteiger partial charge on any atom is -0.486 e. The fourth-order valence-electron chi connectivity index (χ4n) is 3.39. The van der Waals surface area contributed by atoms with E-state index in [2.05, 4.69) is 53.4 Å². The molecule has 0 unspecified atom stereocenters. The number of rotatable bonds is 5. The number of hydrogen-bond acceptors (Lipinski definition) is 4. The van der Waals surface area contributed by atoms with E-state index >= 15 is 0 Å². The molecule has 0 aliphatic carbocycles. The lowest BCUT2D eigenvalue weighted by atomic mass is 9.94. The van der Waals surface area contributed by atoms with Crippen molar-refractivity contribution in [2.45, 2.75) is 12.1 Å². The van der Waals surface area contributed by atoms with Gasteiger partial charge in [0.05, 0.1) is 11.1 Å². The molecule has 1 aliphatic heterocycles. The Bertz CT molecular complexity index is 1010. The van der Waals surface area contributed by atoms with Crippen LogP contribution in [0.5, 0.6) is 5.75 Å². The number of nitrogens with zero attached hydrogens (tertiary/aromatic N) is 1. The van der Waals surface area contributed by atoms with Crippen molar-refractivity contribution in [3.05, 3.63) is 101 Å². The molecule has 3 aromatic carbocycles. The SMILES string of the molecule is Fc1ccc(OC2CN(C(c3ccccc3)c3ccccc3)C2)c(Cl)c1.O=C(O)C(=O)O. The van der Waals surface area contributed by atoms with Crippen molar-refractivity contribution in [3.63, 3.8) is 0 Å². The molecule has 2 N–H and O–H groups in total. The zero-order valence-corrected chi connectivity index (χ0v) is 17.7. The summed E-state index contributed by atoms with van der Waals surface area (Å²) in [4.78, 5) is 20.6. The van der Waals surface area contributed by atoms with Crippen LogP contribution in [-0.4, -0.2) is 46.2 Å². The summed E-state index contributed by atoms with van der Waals surface area (Å²) < 4.78 is 19.1. The van der Waals surface area contributed by atoms with E-state index in [9.17, 15) is 4.39 Å². The van der Waals surface area contributed by atoms with Gasteiger partial charge in [0.1, 0.15) is 17.7 Å². The Hall–Kier alpha value is -3.42. The van der Waals surface area contributed by atoms with Crippen LogP contribution in [0.4, 0.5) is 4.39 Å². The maximum atomic E-state index is 13.2. The predicted molar refractivity (Wildman–Crippen MR) is 117 cm³/mol. The third-order valence-electron chi connectivity index (χ3n) is 4.84. The minimum absolute atomic E-state index is 0.0490. The van der Waals surface area contributed by atoms with Crippen molar-refractivity contribution in [2.24, 2.45) is 0 Å². The average Bonchev–Trinajstić information content (AvgIpc) is 2.75. The first-order valence-electron chi connectivity index (χ1n) is 9.77. The molecule has 0 amide bonds. The molecule has 0 bridgehead atoms. The highest BCUT2D eigenvalue weighted by Gasteiger charge is 2.35. The molecule has 1 fully saturated rings. The normalized spacial score (nSPS) is 13.6. The highest BCUT2D eigenvalue weighted by atomic mass is 35.5. The number of halogens is 2. The van der Waals surface area contributed by atoms with E-state index in [0.717, 1.165) is 13.1 Å². The number of benzene rings is 3. The molecule has 32 heavy (non-hydrogen) atoms. The summed E-state index contributed by atoms with van der Waals surface area (Å²) >= 11 is 6.07. The number of likely N-dealkylation sites (tertiary alicyclic amines) is 1. The maximum absolute atomic E-state index is 13.2. The predicted octanol–water partition coefficient (Wildman–Crippen LogP) is 4.49. The second-order valence-electron chi connectivity index (χ2n) is 7.10. The largest absolute Gasteiger partial charge is 0.486 e. The molecule has 3 aromatic rings. The van der Waals surface area contributed by atoms with Gasteiger partial charge in [-0.3, -0.25) is 4.90 Å². The highest BCUT2D eigenvalue weighted by molar-refractivity contribution is 6.32. The second kappa shape index (κ2) is 10.7. The van der Waals surface area contributed by atoms with E-state index in [0.29, 0.717) is 10.8 Å². The number of carboxylic acids is 2. The average molecular weight is 458 g/mol. The van der Waals surface area contributed by atoms with Crippen molar-refractivity contribution in [2.75, 3.05) is 13.1 Å². The van der Waals surface area contributed by atoms with Gasteiger partial charge in [-0.1, -0.05) is 72.3 Å². The lowest BCUT2D eigenvalue weighted by Crippen LogP contribution is -2.55. The Morgan fingerprint density at radius 2 is 1.41 bits per heavy atom. The highest BCUT2D eigenvalue weighted by Crippen LogP contribution is 2.34. The molecular formula is C24H21ClFNO5. The second-order valence-corrected chi connectivity index (χ2v) is 7.51. The Labute approximate surface area is 189 Å². The summed E-state index contributed by atoms with van der Waals surface area (Å²) in [5.74, 6) is -3.47. The number of carbonyl (C=O) groups is 2. The molecule has 1 heterocycles. The maximum Gasteiger partial charge on any atom is 0.414 e. The van der Waals surface area contributed by atoms with Crippen molar-refractivity contribution < 1.29 is 28.9 Å². The van der Waals surface area contributed by atoms with Gasteiger partial charge >= 0.3 is 11.9 Å². The van der Waals surface area contributed by atoms with Gasteiger partial charge in [0.25, 0.3) is 0 Å². The topological polar surface area (TPSA) is 87.1 Å². The van der Waals surface area contributed by atoms with Crippen LogP contribution in [0.2, 0.25) is 5.02 Å². The number of ether oxygens (including phenoxy) is 1. The first-order valence-corrected chi connectivity index (χ1v) is 10.1. The number of carboxylic acid groups (broad SMARTS) is 2. The van der Waals surface area contributed by atoms with Crippen molar-refractivity contribution in [1.82, 2.24) is 4.90 Å². The molecule has 1 aliphatic rings. The van der Waals surface area contributed by atoms with Gasteiger partial charge in [0.2, 0.25) is 0 Å². The van der Waals surface area contributed by atoms with Crippen LogP contribution in [0.1, 0.15) is 17.2 Å². The fraction of sp³-hybridized carbons (Fsp3) is 0.167. The molecule has 0 saturated carbocycles. The zero-order chi connectivity index (χ0) is 23.1. The molecule has 1 saturated heterocycles. The monoisotopic (exact) mass is 457 g/mol. The van der Waals surface area contributed by atoms with Crippen LogP contribution in [0.25, 0.3) is 0 Å². The summed E-state index contributed by atoms with van der Waals surface area (Å²) in [6.07, 6.45) is 0.0490. The van der Waals surface area contributed by atoms with Gasteiger partial charge in [-0.15, -0.1) is 0 Å². The summed E-state index contributed by atoms with van der Waals surface area (Å²) in [5.41, 5.74) is 2.52. The molecule has 4 rings (SSSR count). The number of aliphatic carboxylic acids is 2. The molecule has 0 atom stereocenters. The summed E-state index contributed by atoms with van der Waals surface area (Å²) in [6, 6.07) is 25.4. The van der Waals surface area contributed by atoms with Gasteiger partial charge in [-0.05, 0) is 29.3 Å². The third kappa shape index (κ3) is 6.06. The molecule has 0 aromatic heterocycles. The van der Waals surface area contributed by atoms with Crippen LogP contribution < -0.4 is 4.74 Å². The standard InChI is InChI=1S/C22H19ClFNO.C2H2O4/c23-20-13-18(24)11-12-21(20)26-19-14-25(15-19)22(16-7-3-1-4-8-16)17-9-5-2-6-10-17;3-1(4)2(5)6/h1-13,19,22H,14-15H2;(H,3,4)(H,5,6). The Kier molecular flexibility index (Phi) is 7.81. The summed E-state index contributed by atoms with van der Waals surface area (Å²) in [6.45, 7) is 1.59. The van der Waals surface area contributed by atoms with Gasteiger partial charge in [0.15, 0.2) is 0 Å². The van der Waals surface area contributed by atoms with Crippen LogP contribution in [-0.2, 0) is 9.59 Å². The van der Waals surface area contributed by atoms with E-state index in [1.54, 1.807) is 6.07 Å². The Morgan fingerprint density at radius 3 is 1.84 bits per heavy atom. The van der Waals surface area contributed by atoms with Crippen molar-refractivity contribution in [1.29, 1.82) is 0 Å². The quantitative estimate of drug-likeness (QED) is 0.549. The van der Waals surface area contributed by atoms with Crippen molar-refractivity contribution in [3.8, 4) is 5.75 Å². The van der Waals surface area contributed by atoms with Gasteiger partial charge in [-0.2, -0.15) is 0 Å². The molecular weight excluding hydrogens is 437 g/mol. The number of hydrogen-bond donors (Lipinski definition) is 2. The Balaban J connectivity index is 0.000000427. The van der Waals surface area contributed by atoms with E-state index in [1.807, 2.05) is 12.1 Å². The molecule has 166 valence electrons. The van der Waals surface area contributed by atoms with E-state index < -0.39 is 11.9 Å². The van der Waals surface area contributed by atoms with E-state index in [4.69, 9.17) is 36.1 Å². The van der Waals surface area contributed by atoms with E-state index in [-0.39, 0.29) is 18.0 Å². The summed E-state index contributed by atoms with van der Waals surface area (Å²) in [7, 11) is 0. The smallest absolute Gasteiger partial charge is 0.414 e. The molecule has 0 radical (unpaired) electrons. The first kappa shape index (κ1) is 23.2. The van der Waals surface area contributed by atoms with Gasteiger partial charge in [0, 0.05) is 13.1 Å². The molecule has 0 spiro atoms. The third-order valence-corrected chi connectivity index (χ3v) is 5.14. The lowest BCUT2D eigenvalue weighted by molar-refractivity contribution is -0.159. The zero-order valence-electron chi connectivity index (χ0n) is 16.9.